The van der Waals surface area contributed by atoms with Crippen LogP contribution in [0.1, 0.15) is 52.4 Å². The minimum absolute atomic E-state index is 0.133. The van der Waals surface area contributed by atoms with Crippen LogP contribution >= 0.6 is 11.6 Å². The Hall–Kier alpha value is -4.35. The van der Waals surface area contributed by atoms with E-state index in [1.807, 2.05) is 38.1 Å². The second-order valence-corrected chi connectivity index (χ2v) is 10.6. The van der Waals surface area contributed by atoms with Crippen LogP contribution in [-0.4, -0.2) is 22.1 Å². The van der Waals surface area contributed by atoms with Crippen LogP contribution in [0.3, 0.4) is 0 Å². The monoisotopic (exact) mass is 567 g/mol. The highest BCUT2D eigenvalue weighted by atomic mass is 35.5. The van der Waals surface area contributed by atoms with Gasteiger partial charge in [-0.15, -0.1) is 0 Å². The van der Waals surface area contributed by atoms with E-state index in [2.05, 4.69) is 31.2 Å². The van der Waals surface area contributed by atoms with Gasteiger partial charge in [-0.05, 0) is 99.1 Å². The van der Waals surface area contributed by atoms with Crippen LogP contribution in [0.4, 0.5) is 5.69 Å². The Morgan fingerprint density at radius 3 is 2.51 bits per heavy atom. The number of phenolic OH excluding ortho intramolecular Hbond substituents is 1. The number of carboxylic acid groups (broad SMARTS) is 1. The molecule has 3 aromatic rings. The zero-order chi connectivity index (χ0) is 29.5. The standard InChI is InChI=1S/C18H14ClNO3.C17H20O/c1-2-14-15-8-4-6-12(19)10-16(15)20(17(14)21)13-7-3-5-11(9-13)18(22)23;1-13-6-3-8-15(12-13)9-5-11-16-10-4-7-14(2)17(16)18/h2-7,9-10H,8H2,1H3,(H,22,23);3-4,6-8,10,12,18H,5,9,11H2,1-2H3/b14-2-;. The van der Waals surface area contributed by atoms with Crippen molar-refractivity contribution >= 4 is 29.2 Å². The Morgan fingerprint density at radius 1 is 1.02 bits per heavy atom. The van der Waals surface area contributed by atoms with Crippen LogP contribution in [-0.2, 0) is 17.6 Å². The SMILES string of the molecule is C/C=C1\C(=O)N(c2cccc(C(=O)O)c2)C2=C1CC=CC(Cl)=C2.Cc1cccc(CCCc2cccc(C)c2O)c1. The summed E-state index contributed by atoms with van der Waals surface area (Å²) in [6.45, 7) is 5.88. The zero-order valence-corrected chi connectivity index (χ0v) is 24.3. The van der Waals surface area contributed by atoms with E-state index in [9.17, 15) is 14.7 Å². The third-order valence-corrected chi connectivity index (χ3v) is 7.37. The first-order valence-electron chi connectivity index (χ1n) is 13.6. The van der Waals surface area contributed by atoms with Crippen molar-refractivity contribution in [3.8, 4) is 5.75 Å². The molecule has 1 amide bonds. The molecule has 41 heavy (non-hydrogen) atoms. The van der Waals surface area contributed by atoms with Crippen LogP contribution in [0, 0.1) is 13.8 Å². The maximum absolute atomic E-state index is 12.8. The molecule has 1 aliphatic carbocycles. The molecule has 210 valence electrons. The van der Waals surface area contributed by atoms with Gasteiger partial charge in [0.05, 0.1) is 16.9 Å². The van der Waals surface area contributed by atoms with Crippen molar-refractivity contribution in [2.75, 3.05) is 4.90 Å². The fourth-order valence-electron chi connectivity index (χ4n) is 5.07. The minimum atomic E-state index is -1.03. The average Bonchev–Trinajstić information content (AvgIpc) is 3.06. The van der Waals surface area contributed by atoms with Crippen molar-refractivity contribution in [3.63, 3.8) is 0 Å². The van der Waals surface area contributed by atoms with E-state index in [0.29, 0.717) is 34.2 Å². The number of aromatic hydroxyl groups is 1. The van der Waals surface area contributed by atoms with E-state index >= 15 is 0 Å². The molecule has 0 saturated carbocycles. The topological polar surface area (TPSA) is 77.8 Å². The van der Waals surface area contributed by atoms with Crippen LogP contribution in [0.5, 0.6) is 5.75 Å². The van der Waals surface area contributed by atoms with Gasteiger partial charge in [0.15, 0.2) is 0 Å². The van der Waals surface area contributed by atoms with E-state index in [-0.39, 0.29) is 11.5 Å². The number of anilines is 1. The lowest BCUT2D eigenvalue weighted by molar-refractivity contribution is -0.114. The lowest BCUT2D eigenvalue weighted by atomic mass is 10.0. The number of hydrogen-bond acceptors (Lipinski definition) is 3. The fourth-order valence-corrected chi connectivity index (χ4v) is 5.26. The molecular formula is C35H34ClNO4. The number of carboxylic acids is 1. The number of rotatable bonds is 6. The van der Waals surface area contributed by atoms with Gasteiger partial charge in [-0.25, -0.2) is 4.79 Å². The van der Waals surface area contributed by atoms with Gasteiger partial charge in [0.25, 0.3) is 5.91 Å². The molecule has 5 rings (SSSR count). The van der Waals surface area contributed by atoms with Crippen molar-refractivity contribution in [2.45, 2.75) is 46.5 Å². The number of nitrogens with zero attached hydrogens (tertiary/aromatic N) is 1. The van der Waals surface area contributed by atoms with Crippen molar-refractivity contribution < 1.29 is 19.8 Å². The molecule has 1 heterocycles. The molecule has 0 saturated heterocycles. The Kier molecular flexibility index (Phi) is 9.64. The quantitative estimate of drug-likeness (QED) is 0.294. The Balaban J connectivity index is 0.000000195. The van der Waals surface area contributed by atoms with Crippen molar-refractivity contribution in [1.82, 2.24) is 0 Å². The van der Waals surface area contributed by atoms with Gasteiger partial charge in [0.2, 0.25) is 0 Å². The first-order valence-corrected chi connectivity index (χ1v) is 14.0. The van der Waals surface area contributed by atoms with Gasteiger partial charge in [0, 0.05) is 10.6 Å². The lowest BCUT2D eigenvalue weighted by Gasteiger charge is -2.19. The lowest BCUT2D eigenvalue weighted by Crippen LogP contribution is -2.25. The molecule has 0 bridgehead atoms. The van der Waals surface area contributed by atoms with Crippen molar-refractivity contribution in [1.29, 1.82) is 0 Å². The normalized spacial score (nSPS) is 15.3. The Labute approximate surface area is 246 Å². The summed E-state index contributed by atoms with van der Waals surface area (Å²) in [5.41, 5.74) is 7.56. The molecule has 1 aliphatic heterocycles. The van der Waals surface area contributed by atoms with Crippen LogP contribution in [0.2, 0.25) is 0 Å². The maximum atomic E-state index is 12.8. The summed E-state index contributed by atoms with van der Waals surface area (Å²) in [4.78, 5) is 25.5. The van der Waals surface area contributed by atoms with E-state index in [1.165, 1.54) is 28.2 Å². The predicted octanol–water partition coefficient (Wildman–Crippen LogP) is 8.20. The van der Waals surface area contributed by atoms with Gasteiger partial charge in [-0.3, -0.25) is 9.69 Å². The highest BCUT2D eigenvalue weighted by molar-refractivity contribution is 6.31. The molecule has 0 radical (unpaired) electrons. The third kappa shape index (κ3) is 7.05. The summed E-state index contributed by atoms with van der Waals surface area (Å²) in [7, 11) is 0. The summed E-state index contributed by atoms with van der Waals surface area (Å²) < 4.78 is 0. The number of aryl methyl sites for hydroxylation is 4. The van der Waals surface area contributed by atoms with E-state index in [0.717, 1.165) is 36.0 Å². The van der Waals surface area contributed by atoms with Crippen LogP contribution in [0.25, 0.3) is 0 Å². The number of carbonyl (C=O) groups is 2. The average molecular weight is 568 g/mol. The van der Waals surface area contributed by atoms with Crippen LogP contribution < -0.4 is 4.90 Å². The van der Waals surface area contributed by atoms with Crippen molar-refractivity contribution in [2.24, 2.45) is 0 Å². The highest BCUT2D eigenvalue weighted by Crippen LogP contribution is 2.38. The number of allylic oxidation sites excluding steroid dienone is 5. The number of benzene rings is 3. The van der Waals surface area contributed by atoms with Gasteiger partial charge >= 0.3 is 5.97 Å². The minimum Gasteiger partial charge on any atom is -0.507 e. The highest BCUT2D eigenvalue weighted by Gasteiger charge is 2.34. The molecule has 3 aromatic carbocycles. The van der Waals surface area contributed by atoms with Gasteiger partial charge in [-0.2, -0.15) is 0 Å². The number of halogens is 1. The molecule has 0 fully saturated rings. The molecule has 2 N–H and O–H groups in total. The molecule has 0 aromatic heterocycles. The van der Waals surface area contributed by atoms with Gasteiger partial charge in [0.1, 0.15) is 5.75 Å². The fraction of sp³-hybridized carbons (Fsp3) is 0.200. The molecule has 0 unspecified atom stereocenters. The number of para-hydroxylation sites is 1. The summed E-state index contributed by atoms with van der Waals surface area (Å²) in [6, 6.07) is 20.9. The second-order valence-electron chi connectivity index (χ2n) is 10.1. The first-order chi connectivity index (χ1) is 19.7. The van der Waals surface area contributed by atoms with Crippen molar-refractivity contribution in [3.05, 3.63) is 141 Å². The largest absolute Gasteiger partial charge is 0.507 e. The Bertz CT molecular complexity index is 1600. The molecule has 6 heteroatoms. The van der Waals surface area contributed by atoms with E-state index < -0.39 is 5.97 Å². The Morgan fingerprint density at radius 2 is 1.78 bits per heavy atom. The first kappa shape index (κ1) is 29.6. The number of carbonyl (C=O) groups excluding carboxylic acids is 1. The van der Waals surface area contributed by atoms with E-state index in [4.69, 9.17) is 16.7 Å². The molecule has 0 atom stereocenters. The number of phenols is 1. The molecular weight excluding hydrogens is 534 g/mol. The van der Waals surface area contributed by atoms with E-state index in [1.54, 1.807) is 30.4 Å². The maximum Gasteiger partial charge on any atom is 0.335 e. The van der Waals surface area contributed by atoms with Gasteiger partial charge < -0.3 is 10.2 Å². The second kappa shape index (κ2) is 13.3. The molecule has 0 spiro atoms. The summed E-state index contributed by atoms with van der Waals surface area (Å²) in [6.07, 6.45) is 10.9. The summed E-state index contributed by atoms with van der Waals surface area (Å²) in [5.74, 6) is -0.743. The molecule has 5 nitrogen and oxygen atoms in total. The third-order valence-electron chi connectivity index (χ3n) is 7.14. The van der Waals surface area contributed by atoms with Gasteiger partial charge in [-0.1, -0.05) is 77.8 Å². The summed E-state index contributed by atoms with van der Waals surface area (Å²) >= 11 is 6.15. The summed E-state index contributed by atoms with van der Waals surface area (Å²) in [5, 5.41) is 19.6. The molecule has 2 aliphatic rings. The predicted molar refractivity (Wildman–Crippen MR) is 165 cm³/mol. The number of aromatic carboxylic acids is 1. The zero-order valence-electron chi connectivity index (χ0n) is 23.5. The number of hydrogen-bond donors (Lipinski definition) is 2. The number of amides is 1. The van der Waals surface area contributed by atoms with Crippen LogP contribution in [0.15, 0.2) is 113 Å². The smallest absolute Gasteiger partial charge is 0.335 e.